The summed E-state index contributed by atoms with van der Waals surface area (Å²) in [4.78, 5) is 26.0. The standard InChI is InChI=1S/C25H20ClN3O2S/c1-16-13-17(2)15-20(14-16)27-25(31)18-3-7-21(8-4-18)29-24(30)12-11-23(28-29)32-22-9-5-19(26)6-10-22/h3-15H,1-2H3,(H,27,31). The van der Waals surface area contributed by atoms with E-state index >= 15 is 0 Å². The zero-order chi connectivity index (χ0) is 22.7. The molecule has 0 atom stereocenters. The van der Waals surface area contributed by atoms with Crippen LogP contribution in [0.15, 0.2) is 93.6 Å². The molecule has 3 aromatic carbocycles. The van der Waals surface area contributed by atoms with Crippen molar-refractivity contribution in [1.29, 1.82) is 0 Å². The normalized spacial score (nSPS) is 10.7. The van der Waals surface area contributed by atoms with E-state index in [4.69, 9.17) is 11.6 Å². The van der Waals surface area contributed by atoms with E-state index in [2.05, 4.69) is 16.5 Å². The van der Waals surface area contributed by atoms with Crippen molar-refractivity contribution < 1.29 is 4.79 Å². The van der Waals surface area contributed by atoms with Crippen LogP contribution in [0.25, 0.3) is 5.69 Å². The summed E-state index contributed by atoms with van der Waals surface area (Å²) in [6.07, 6.45) is 0. The third-order valence-corrected chi connectivity index (χ3v) is 5.85. The van der Waals surface area contributed by atoms with Crippen molar-refractivity contribution in [1.82, 2.24) is 9.78 Å². The molecular weight excluding hydrogens is 442 g/mol. The molecule has 0 saturated carbocycles. The summed E-state index contributed by atoms with van der Waals surface area (Å²) < 4.78 is 1.32. The van der Waals surface area contributed by atoms with Crippen LogP contribution < -0.4 is 10.9 Å². The maximum atomic E-state index is 12.6. The Morgan fingerprint density at radius 1 is 0.906 bits per heavy atom. The van der Waals surface area contributed by atoms with Gasteiger partial charge < -0.3 is 5.32 Å². The van der Waals surface area contributed by atoms with Gasteiger partial charge in [0.05, 0.1) is 5.69 Å². The first-order valence-corrected chi connectivity index (χ1v) is 11.1. The van der Waals surface area contributed by atoms with Gasteiger partial charge in [-0.15, -0.1) is 0 Å². The SMILES string of the molecule is Cc1cc(C)cc(NC(=O)c2ccc(-n3nc(Sc4ccc(Cl)cc4)ccc3=O)cc2)c1. The van der Waals surface area contributed by atoms with E-state index in [0.717, 1.165) is 21.7 Å². The first kappa shape index (κ1) is 21.9. The Morgan fingerprint density at radius 2 is 1.56 bits per heavy atom. The molecule has 1 heterocycles. The minimum absolute atomic E-state index is 0.214. The van der Waals surface area contributed by atoms with Crippen molar-refractivity contribution in [3.63, 3.8) is 0 Å². The number of aromatic nitrogens is 2. The molecule has 0 saturated heterocycles. The predicted molar refractivity (Wildman–Crippen MR) is 129 cm³/mol. The molecule has 7 heteroatoms. The molecule has 32 heavy (non-hydrogen) atoms. The number of nitrogens with one attached hydrogen (secondary N) is 1. The van der Waals surface area contributed by atoms with E-state index in [1.54, 1.807) is 30.3 Å². The van der Waals surface area contributed by atoms with Crippen LogP contribution in [0.5, 0.6) is 0 Å². The molecule has 0 radical (unpaired) electrons. The van der Waals surface area contributed by atoms with Crippen molar-refractivity contribution >= 4 is 35.0 Å². The smallest absolute Gasteiger partial charge is 0.271 e. The zero-order valence-corrected chi connectivity index (χ0v) is 19.1. The van der Waals surface area contributed by atoms with Gasteiger partial charge in [-0.2, -0.15) is 9.78 Å². The van der Waals surface area contributed by atoms with Crippen LogP contribution in [0.2, 0.25) is 5.02 Å². The molecule has 5 nitrogen and oxygen atoms in total. The molecule has 4 rings (SSSR count). The van der Waals surface area contributed by atoms with Crippen LogP contribution in [-0.4, -0.2) is 15.7 Å². The monoisotopic (exact) mass is 461 g/mol. The fourth-order valence-corrected chi connectivity index (χ4v) is 4.16. The highest BCUT2D eigenvalue weighted by Crippen LogP contribution is 2.26. The Labute approximate surface area is 195 Å². The maximum absolute atomic E-state index is 12.6. The Bertz CT molecular complexity index is 1310. The Balaban J connectivity index is 1.53. The summed E-state index contributed by atoms with van der Waals surface area (Å²) in [5, 5.41) is 8.70. The largest absolute Gasteiger partial charge is 0.322 e. The zero-order valence-electron chi connectivity index (χ0n) is 17.5. The van der Waals surface area contributed by atoms with Gasteiger partial charge in [0.1, 0.15) is 5.03 Å². The number of amides is 1. The molecule has 0 spiro atoms. The second kappa shape index (κ2) is 9.42. The number of rotatable bonds is 5. The number of hydrogen-bond donors (Lipinski definition) is 1. The average molecular weight is 462 g/mol. The van der Waals surface area contributed by atoms with Crippen molar-refractivity contribution in [2.45, 2.75) is 23.8 Å². The molecule has 0 fully saturated rings. The van der Waals surface area contributed by atoms with E-state index in [-0.39, 0.29) is 11.5 Å². The maximum Gasteiger partial charge on any atom is 0.271 e. The summed E-state index contributed by atoms with van der Waals surface area (Å²) in [6, 6.07) is 23.2. The third kappa shape index (κ3) is 5.28. The Kier molecular flexibility index (Phi) is 6.44. The van der Waals surface area contributed by atoms with Gasteiger partial charge in [-0.1, -0.05) is 29.4 Å². The molecular formula is C25H20ClN3O2S. The molecule has 0 bridgehead atoms. The average Bonchev–Trinajstić information content (AvgIpc) is 2.76. The lowest BCUT2D eigenvalue weighted by Crippen LogP contribution is -2.20. The highest BCUT2D eigenvalue weighted by molar-refractivity contribution is 7.99. The van der Waals surface area contributed by atoms with Crippen LogP contribution in [0.1, 0.15) is 21.5 Å². The van der Waals surface area contributed by atoms with Crippen LogP contribution in [0.3, 0.4) is 0 Å². The van der Waals surface area contributed by atoms with Gasteiger partial charge in [-0.3, -0.25) is 9.59 Å². The summed E-state index contributed by atoms with van der Waals surface area (Å²) in [5.41, 5.74) is 3.73. The van der Waals surface area contributed by atoms with Crippen LogP contribution in [0.4, 0.5) is 5.69 Å². The molecule has 0 aliphatic heterocycles. The van der Waals surface area contributed by atoms with Gasteiger partial charge in [0.15, 0.2) is 0 Å². The van der Waals surface area contributed by atoms with E-state index in [9.17, 15) is 9.59 Å². The highest BCUT2D eigenvalue weighted by atomic mass is 35.5. The minimum atomic E-state index is -0.252. The van der Waals surface area contributed by atoms with Crippen LogP contribution in [-0.2, 0) is 0 Å². The summed E-state index contributed by atoms with van der Waals surface area (Å²) in [5.74, 6) is -0.214. The lowest BCUT2D eigenvalue weighted by Gasteiger charge is -2.09. The number of benzene rings is 3. The van der Waals surface area contributed by atoms with E-state index in [1.807, 2.05) is 50.2 Å². The molecule has 1 amide bonds. The first-order valence-electron chi connectivity index (χ1n) is 9.91. The van der Waals surface area contributed by atoms with Gasteiger partial charge in [0.25, 0.3) is 11.5 Å². The van der Waals surface area contributed by atoms with E-state index in [0.29, 0.717) is 21.3 Å². The number of carbonyl (C=O) groups excluding carboxylic acids is 1. The van der Waals surface area contributed by atoms with Crippen LogP contribution in [0, 0.1) is 13.8 Å². The number of nitrogens with zero attached hydrogens (tertiary/aromatic N) is 2. The van der Waals surface area contributed by atoms with Crippen molar-refractivity contribution in [2.24, 2.45) is 0 Å². The number of carbonyl (C=O) groups is 1. The number of anilines is 1. The summed E-state index contributed by atoms with van der Waals surface area (Å²) in [6.45, 7) is 3.98. The fourth-order valence-electron chi connectivity index (χ4n) is 3.26. The third-order valence-electron chi connectivity index (χ3n) is 4.67. The molecule has 1 N–H and O–H groups in total. The number of halogens is 1. The molecule has 160 valence electrons. The summed E-state index contributed by atoms with van der Waals surface area (Å²) in [7, 11) is 0. The molecule has 0 unspecified atom stereocenters. The van der Waals surface area contributed by atoms with Crippen molar-refractivity contribution in [2.75, 3.05) is 5.32 Å². The quantitative estimate of drug-likeness (QED) is 0.401. The summed E-state index contributed by atoms with van der Waals surface area (Å²) >= 11 is 7.37. The molecule has 4 aromatic rings. The first-order chi connectivity index (χ1) is 15.4. The van der Waals surface area contributed by atoms with E-state index < -0.39 is 0 Å². The van der Waals surface area contributed by atoms with Gasteiger partial charge in [-0.05, 0) is 91.7 Å². The van der Waals surface area contributed by atoms with Gasteiger partial charge in [0.2, 0.25) is 0 Å². The lowest BCUT2D eigenvalue weighted by atomic mass is 10.1. The van der Waals surface area contributed by atoms with Gasteiger partial charge in [-0.25, -0.2) is 0 Å². The molecule has 0 aliphatic carbocycles. The van der Waals surface area contributed by atoms with Crippen molar-refractivity contribution in [3.8, 4) is 5.69 Å². The number of aryl methyl sites for hydroxylation is 2. The second-order valence-electron chi connectivity index (χ2n) is 7.35. The highest BCUT2D eigenvalue weighted by Gasteiger charge is 2.09. The molecule has 1 aromatic heterocycles. The topological polar surface area (TPSA) is 64.0 Å². The predicted octanol–water partition coefficient (Wildman–Crippen LogP) is 5.91. The molecule has 0 aliphatic rings. The Morgan fingerprint density at radius 3 is 2.22 bits per heavy atom. The number of hydrogen-bond acceptors (Lipinski definition) is 4. The van der Waals surface area contributed by atoms with Crippen LogP contribution >= 0.6 is 23.4 Å². The van der Waals surface area contributed by atoms with Gasteiger partial charge >= 0.3 is 0 Å². The Hall–Kier alpha value is -3.35. The second-order valence-corrected chi connectivity index (χ2v) is 8.89. The van der Waals surface area contributed by atoms with Crippen molar-refractivity contribution in [3.05, 3.63) is 111 Å². The lowest BCUT2D eigenvalue weighted by molar-refractivity contribution is 0.102. The van der Waals surface area contributed by atoms with Gasteiger partial charge in [0, 0.05) is 27.2 Å². The fraction of sp³-hybridized carbons (Fsp3) is 0.0800. The minimum Gasteiger partial charge on any atom is -0.322 e. The van der Waals surface area contributed by atoms with E-state index in [1.165, 1.54) is 22.5 Å².